The third-order valence-electron chi connectivity index (χ3n) is 3.84. The van der Waals surface area contributed by atoms with Crippen molar-refractivity contribution in [3.05, 3.63) is 42.8 Å². The minimum absolute atomic E-state index is 0.0110. The van der Waals surface area contributed by atoms with Crippen molar-refractivity contribution in [2.75, 3.05) is 0 Å². The molecular formula is C18H20O2S2. The minimum Gasteiger partial charge on any atom is -0.288 e. The van der Waals surface area contributed by atoms with Gasteiger partial charge >= 0.3 is 0 Å². The van der Waals surface area contributed by atoms with E-state index in [2.05, 4.69) is 41.5 Å². The molecule has 2 aromatic rings. The van der Waals surface area contributed by atoms with Gasteiger partial charge in [-0.25, -0.2) is 0 Å². The molecule has 22 heavy (non-hydrogen) atoms. The van der Waals surface area contributed by atoms with Gasteiger partial charge in [0.2, 0.25) is 11.6 Å². The van der Waals surface area contributed by atoms with Crippen molar-refractivity contribution in [3.63, 3.8) is 0 Å². The monoisotopic (exact) mass is 332 g/mol. The van der Waals surface area contributed by atoms with Gasteiger partial charge in [-0.15, -0.1) is 22.7 Å². The number of carbonyl (C=O) groups is 2. The Morgan fingerprint density at radius 2 is 1.00 bits per heavy atom. The summed E-state index contributed by atoms with van der Waals surface area (Å²) in [5, 5.41) is 0. The van der Waals surface area contributed by atoms with Gasteiger partial charge in [-0.1, -0.05) is 41.5 Å². The predicted octanol–water partition coefficient (Wildman–Crippen LogP) is 5.18. The van der Waals surface area contributed by atoms with Crippen molar-refractivity contribution in [1.82, 2.24) is 0 Å². The molecule has 116 valence electrons. The third-order valence-corrected chi connectivity index (χ3v) is 6.96. The first kappa shape index (κ1) is 15.6. The summed E-state index contributed by atoms with van der Waals surface area (Å²) in [6, 6.07) is 3.83. The molecule has 3 rings (SSSR count). The highest BCUT2D eigenvalue weighted by atomic mass is 32.1. The topological polar surface area (TPSA) is 34.1 Å². The van der Waals surface area contributed by atoms with Crippen LogP contribution in [0.2, 0.25) is 0 Å². The lowest BCUT2D eigenvalue weighted by atomic mass is 9.89. The zero-order valence-electron chi connectivity index (χ0n) is 13.8. The highest BCUT2D eigenvalue weighted by Gasteiger charge is 2.36. The Bertz CT molecular complexity index is 677. The number of rotatable bonds is 0. The summed E-state index contributed by atoms with van der Waals surface area (Å²) in [6.45, 7) is 12.6. The molecule has 1 aliphatic carbocycles. The fraction of sp³-hybridized carbons (Fsp3) is 0.444. The summed E-state index contributed by atoms with van der Waals surface area (Å²) in [5.74, 6) is 0.0219. The van der Waals surface area contributed by atoms with Gasteiger partial charge in [0.05, 0.1) is 9.75 Å². The van der Waals surface area contributed by atoms with Gasteiger partial charge in [0, 0.05) is 20.9 Å². The van der Waals surface area contributed by atoms with Crippen molar-refractivity contribution in [2.45, 2.75) is 52.4 Å². The van der Waals surface area contributed by atoms with Gasteiger partial charge in [0.25, 0.3) is 0 Å². The van der Waals surface area contributed by atoms with E-state index in [1.807, 2.05) is 12.1 Å². The molecule has 4 heteroatoms. The van der Waals surface area contributed by atoms with Crippen LogP contribution in [-0.2, 0) is 10.8 Å². The number of carbonyl (C=O) groups excluding carboxylic acids is 2. The minimum atomic E-state index is -0.0490. The number of hydrogen-bond donors (Lipinski definition) is 0. The molecule has 0 bridgehead atoms. The molecule has 2 heterocycles. The van der Waals surface area contributed by atoms with Crippen LogP contribution in [0.25, 0.3) is 0 Å². The lowest BCUT2D eigenvalue weighted by molar-refractivity contribution is 0.0986. The number of ketones is 2. The summed E-state index contributed by atoms with van der Waals surface area (Å²) in [4.78, 5) is 29.0. The molecule has 2 nitrogen and oxygen atoms in total. The summed E-state index contributed by atoms with van der Waals surface area (Å²) in [7, 11) is 0. The first-order valence-electron chi connectivity index (χ1n) is 7.38. The molecule has 0 amide bonds. The summed E-state index contributed by atoms with van der Waals surface area (Å²) in [5.41, 5.74) is 1.09. The van der Waals surface area contributed by atoms with E-state index >= 15 is 0 Å². The summed E-state index contributed by atoms with van der Waals surface area (Å²) in [6.07, 6.45) is 0. The zero-order chi connectivity index (χ0) is 16.4. The van der Waals surface area contributed by atoms with Crippen LogP contribution >= 0.6 is 22.7 Å². The van der Waals surface area contributed by atoms with Gasteiger partial charge in [0.1, 0.15) is 0 Å². The van der Waals surface area contributed by atoms with E-state index < -0.39 is 0 Å². The van der Waals surface area contributed by atoms with E-state index in [1.54, 1.807) is 0 Å². The van der Waals surface area contributed by atoms with Crippen LogP contribution in [0.1, 0.15) is 81.8 Å². The van der Waals surface area contributed by atoms with Crippen molar-refractivity contribution in [2.24, 2.45) is 0 Å². The van der Waals surface area contributed by atoms with Crippen LogP contribution in [-0.4, -0.2) is 11.6 Å². The lowest BCUT2D eigenvalue weighted by Gasteiger charge is -2.15. The molecule has 2 aromatic heterocycles. The van der Waals surface area contributed by atoms with Crippen molar-refractivity contribution in [3.8, 4) is 0 Å². The molecule has 1 aliphatic rings. The Morgan fingerprint density at radius 1 is 0.682 bits per heavy atom. The Kier molecular flexibility index (Phi) is 3.28. The molecule has 0 unspecified atom stereocenters. The predicted molar refractivity (Wildman–Crippen MR) is 92.9 cm³/mol. The molecule has 0 fully saturated rings. The average Bonchev–Trinajstić information content (AvgIpc) is 2.99. The third kappa shape index (κ3) is 2.29. The largest absolute Gasteiger partial charge is 0.288 e. The van der Waals surface area contributed by atoms with Crippen LogP contribution in [0, 0.1) is 0 Å². The Balaban J connectivity index is 2.16. The summed E-state index contributed by atoms with van der Waals surface area (Å²) < 4.78 is 0. The average molecular weight is 332 g/mol. The fourth-order valence-corrected chi connectivity index (χ4v) is 4.77. The first-order chi connectivity index (χ1) is 10.00. The molecule has 0 atom stereocenters. The lowest BCUT2D eigenvalue weighted by Crippen LogP contribution is -2.15. The van der Waals surface area contributed by atoms with Crippen LogP contribution in [0.3, 0.4) is 0 Å². The molecule has 0 N–H and O–H groups in total. The van der Waals surface area contributed by atoms with Crippen LogP contribution in [0.5, 0.6) is 0 Å². The summed E-state index contributed by atoms with van der Waals surface area (Å²) >= 11 is 2.94. The van der Waals surface area contributed by atoms with E-state index in [4.69, 9.17) is 0 Å². The van der Waals surface area contributed by atoms with Crippen LogP contribution in [0.15, 0.2) is 12.1 Å². The smallest absolute Gasteiger partial charge is 0.205 e. The van der Waals surface area contributed by atoms with E-state index in [9.17, 15) is 9.59 Å². The van der Waals surface area contributed by atoms with E-state index in [-0.39, 0.29) is 22.4 Å². The maximum Gasteiger partial charge on any atom is 0.205 e. The van der Waals surface area contributed by atoms with Crippen LogP contribution in [0.4, 0.5) is 0 Å². The molecule has 0 radical (unpaired) electrons. The Hall–Kier alpha value is -1.26. The van der Waals surface area contributed by atoms with E-state index in [0.717, 1.165) is 9.75 Å². The molecule has 0 saturated heterocycles. The molecule has 0 saturated carbocycles. The Morgan fingerprint density at radius 3 is 1.27 bits per heavy atom. The van der Waals surface area contributed by atoms with Gasteiger partial charge < -0.3 is 0 Å². The fourth-order valence-electron chi connectivity index (χ4n) is 2.44. The number of fused-ring (bicyclic) bond motifs is 2. The van der Waals surface area contributed by atoms with Gasteiger partial charge in [-0.05, 0) is 23.0 Å². The molecule has 0 spiro atoms. The SMILES string of the molecule is CC(C)(C)c1cc2c(s1)C(=O)c1cc(C(C)(C)C)sc1C2=O. The van der Waals surface area contributed by atoms with Crippen molar-refractivity contribution in [1.29, 1.82) is 0 Å². The van der Waals surface area contributed by atoms with Gasteiger partial charge in [-0.2, -0.15) is 0 Å². The maximum atomic E-state index is 12.8. The second kappa shape index (κ2) is 4.62. The van der Waals surface area contributed by atoms with Crippen molar-refractivity contribution >= 4 is 34.2 Å². The standard InChI is InChI=1S/C18H20O2S2/c1-17(2,3)11-7-9-13(19)16-10(14(20)15(9)21-11)8-12(22-16)18(4,5)6/h7-8H,1-6H3. The first-order valence-corrected chi connectivity index (χ1v) is 9.01. The van der Waals surface area contributed by atoms with Gasteiger partial charge in [-0.3, -0.25) is 9.59 Å². The van der Waals surface area contributed by atoms with E-state index in [0.29, 0.717) is 20.9 Å². The zero-order valence-corrected chi connectivity index (χ0v) is 15.4. The second-order valence-corrected chi connectivity index (χ2v) is 9.97. The Labute approximate surface area is 139 Å². The van der Waals surface area contributed by atoms with Crippen LogP contribution < -0.4 is 0 Å². The normalized spacial score (nSPS) is 15.0. The van der Waals surface area contributed by atoms with Gasteiger partial charge in [0.15, 0.2) is 0 Å². The number of hydrogen-bond acceptors (Lipinski definition) is 4. The molecule has 0 aromatic carbocycles. The highest BCUT2D eigenvalue weighted by Crippen LogP contribution is 2.42. The second-order valence-electron chi connectivity index (χ2n) is 7.87. The maximum absolute atomic E-state index is 12.8. The quantitative estimate of drug-likeness (QED) is 0.568. The number of thiophene rings is 2. The molecular weight excluding hydrogens is 312 g/mol. The van der Waals surface area contributed by atoms with Crippen molar-refractivity contribution < 1.29 is 9.59 Å². The molecule has 0 aliphatic heterocycles. The highest BCUT2D eigenvalue weighted by molar-refractivity contribution is 7.17. The van der Waals surface area contributed by atoms with E-state index in [1.165, 1.54) is 22.7 Å².